The van der Waals surface area contributed by atoms with E-state index in [4.69, 9.17) is 4.74 Å². The minimum Gasteiger partial charge on any atom is -0.466 e. The van der Waals surface area contributed by atoms with Gasteiger partial charge in [0, 0.05) is 6.54 Å². The predicted octanol–water partition coefficient (Wildman–Crippen LogP) is 0.803. The molecular formula is C11H16N2O5S2. The average Bonchev–Trinajstić information content (AvgIpc) is 2.74. The minimum absolute atomic E-state index is 0.0692. The first-order valence-electron chi connectivity index (χ1n) is 5.82. The van der Waals surface area contributed by atoms with Crippen molar-refractivity contribution in [2.75, 3.05) is 24.1 Å². The van der Waals surface area contributed by atoms with Gasteiger partial charge in [-0.1, -0.05) is 0 Å². The molecule has 7 nitrogen and oxygen atoms in total. The average molecular weight is 320 g/mol. The van der Waals surface area contributed by atoms with Gasteiger partial charge in [0.1, 0.15) is 4.88 Å². The molecule has 0 aromatic carbocycles. The van der Waals surface area contributed by atoms with Gasteiger partial charge in [0.15, 0.2) is 0 Å². The topological polar surface area (TPSA) is 102 Å². The van der Waals surface area contributed by atoms with Crippen LogP contribution in [-0.2, 0) is 19.6 Å². The van der Waals surface area contributed by atoms with Gasteiger partial charge in [-0.2, -0.15) is 0 Å². The van der Waals surface area contributed by atoms with Gasteiger partial charge in [0.25, 0.3) is 5.91 Å². The number of rotatable bonds is 7. The van der Waals surface area contributed by atoms with E-state index in [1.165, 1.54) is 6.07 Å². The Balaban J connectivity index is 2.56. The lowest BCUT2D eigenvalue weighted by molar-refractivity contribution is -0.142. The van der Waals surface area contributed by atoms with E-state index in [1.54, 1.807) is 12.3 Å². The molecule has 0 aliphatic carbocycles. The second kappa shape index (κ2) is 7.25. The minimum atomic E-state index is -3.44. The van der Waals surface area contributed by atoms with Gasteiger partial charge in [-0.05, 0) is 18.4 Å². The number of anilines is 1. The number of ether oxygens (including phenoxy) is 1. The summed E-state index contributed by atoms with van der Waals surface area (Å²) in [6.45, 7) is 2.12. The summed E-state index contributed by atoms with van der Waals surface area (Å²) in [6, 6.07) is 1.51. The molecule has 9 heteroatoms. The third kappa shape index (κ3) is 5.57. The molecule has 112 valence electrons. The highest BCUT2D eigenvalue weighted by molar-refractivity contribution is 7.92. The highest BCUT2D eigenvalue weighted by Gasteiger charge is 2.15. The molecule has 0 saturated carbocycles. The van der Waals surface area contributed by atoms with Gasteiger partial charge in [-0.15, -0.1) is 11.3 Å². The zero-order chi connectivity index (χ0) is 15.2. The number of esters is 1. The van der Waals surface area contributed by atoms with Crippen LogP contribution in [0.3, 0.4) is 0 Å². The molecule has 0 fully saturated rings. The quantitative estimate of drug-likeness (QED) is 0.724. The normalized spacial score (nSPS) is 10.9. The largest absolute Gasteiger partial charge is 0.466 e. The molecule has 1 aromatic rings. The van der Waals surface area contributed by atoms with E-state index in [2.05, 4.69) is 10.0 Å². The van der Waals surface area contributed by atoms with E-state index >= 15 is 0 Å². The molecule has 1 heterocycles. The molecule has 0 aliphatic heterocycles. The standard InChI is InChI=1S/C11H16N2O5S2/c1-3-18-9(14)4-6-12-11(15)10-8(5-7-19-10)13-20(2,16)17/h5,7,13H,3-4,6H2,1-2H3,(H,12,15). The lowest BCUT2D eigenvalue weighted by Crippen LogP contribution is -2.26. The van der Waals surface area contributed by atoms with Gasteiger partial charge >= 0.3 is 5.97 Å². The van der Waals surface area contributed by atoms with Crippen molar-refractivity contribution < 1.29 is 22.7 Å². The molecular weight excluding hydrogens is 304 g/mol. The fourth-order valence-electron chi connectivity index (χ4n) is 1.36. The van der Waals surface area contributed by atoms with Crippen molar-refractivity contribution in [1.82, 2.24) is 5.32 Å². The number of sulfonamides is 1. The van der Waals surface area contributed by atoms with Gasteiger partial charge in [-0.25, -0.2) is 8.42 Å². The van der Waals surface area contributed by atoms with Gasteiger partial charge in [0.2, 0.25) is 10.0 Å². The Hall–Kier alpha value is -1.61. The maximum Gasteiger partial charge on any atom is 0.307 e. The Morgan fingerprint density at radius 3 is 2.70 bits per heavy atom. The van der Waals surface area contributed by atoms with Crippen LogP contribution in [0, 0.1) is 0 Å². The monoisotopic (exact) mass is 320 g/mol. The van der Waals surface area contributed by atoms with Crippen molar-refractivity contribution in [3.63, 3.8) is 0 Å². The van der Waals surface area contributed by atoms with Crippen molar-refractivity contribution >= 4 is 38.9 Å². The van der Waals surface area contributed by atoms with Gasteiger partial charge < -0.3 is 10.1 Å². The molecule has 0 saturated heterocycles. The van der Waals surface area contributed by atoms with Crippen LogP contribution in [0.1, 0.15) is 23.0 Å². The zero-order valence-corrected chi connectivity index (χ0v) is 12.8. The van der Waals surface area contributed by atoms with Gasteiger partial charge in [-0.3, -0.25) is 14.3 Å². The third-order valence-electron chi connectivity index (χ3n) is 2.09. The van der Waals surface area contributed by atoms with Crippen molar-refractivity contribution in [2.24, 2.45) is 0 Å². The Labute approximate surface area is 121 Å². The van der Waals surface area contributed by atoms with E-state index in [9.17, 15) is 18.0 Å². The third-order valence-corrected chi connectivity index (χ3v) is 3.59. The summed E-state index contributed by atoms with van der Waals surface area (Å²) in [6.07, 6.45) is 1.08. The Morgan fingerprint density at radius 1 is 1.40 bits per heavy atom. The molecule has 0 unspecified atom stereocenters. The van der Waals surface area contributed by atoms with E-state index in [0.717, 1.165) is 17.6 Å². The number of hydrogen-bond acceptors (Lipinski definition) is 6. The molecule has 0 radical (unpaired) electrons. The van der Waals surface area contributed by atoms with Crippen molar-refractivity contribution in [3.8, 4) is 0 Å². The molecule has 0 bridgehead atoms. The predicted molar refractivity (Wildman–Crippen MR) is 76.4 cm³/mol. The van der Waals surface area contributed by atoms with Crippen LogP contribution < -0.4 is 10.0 Å². The SMILES string of the molecule is CCOC(=O)CCNC(=O)c1sccc1NS(C)(=O)=O. The van der Waals surface area contributed by atoms with Crippen LogP contribution in [-0.4, -0.2) is 39.7 Å². The molecule has 1 rings (SSSR count). The van der Waals surface area contributed by atoms with E-state index in [1.807, 2.05) is 0 Å². The number of nitrogens with one attached hydrogen (secondary N) is 2. The fraction of sp³-hybridized carbons (Fsp3) is 0.455. The molecule has 2 N–H and O–H groups in total. The summed E-state index contributed by atoms with van der Waals surface area (Å²) in [5.41, 5.74) is 0.228. The summed E-state index contributed by atoms with van der Waals surface area (Å²) in [4.78, 5) is 23.2. The van der Waals surface area contributed by atoms with Crippen LogP contribution >= 0.6 is 11.3 Å². The van der Waals surface area contributed by atoms with E-state index in [-0.39, 0.29) is 23.5 Å². The maximum absolute atomic E-state index is 11.9. The number of carbonyl (C=O) groups is 2. The van der Waals surface area contributed by atoms with Crippen LogP contribution in [0.2, 0.25) is 0 Å². The smallest absolute Gasteiger partial charge is 0.307 e. The number of carbonyl (C=O) groups excluding carboxylic acids is 2. The van der Waals surface area contributed by atoms with Gasteiger partial charge in [0.05, 0.1) is 25.0 Å². The van der Waals surface area contributed by atoms with E-state index < -0.39 is 21.9 Å². The number of hydrogen-bond donors (Lipinski definition) is 2. The Kier molecular flexibility index (Phi) is 5.96. The van der Waals surface area contributed by atoms with Crippen LogP contribution in [0.5, 0.6) is 0 Å². The summed E-state index contributed by atoms with van der Waals surface area (Å²) in [5, 5.41) is 4.14. The first kappa shape index (κ1) is 16.4. The first-order valence-corrected chi connectivity index (χ1v) is 8.59. The molecule has 1 aromatic heterocycles. The summed E-state index contributed by atoms with van der Waals surface area (Å²) < 4.78 is 29.3. The first-order chi connectivity index (χ1) is 9.33. The Bertz CT molecular complexity index is 579. The van der Waals surface area contributed by atoms with Crippen molar-refractivity contribution in [2.45, 2.75) is 13.3 Å². The van der Waals surface area contributed by atoms with Crippen LogP contribution in [0.4, 0.5) is 5.69 Å². The van der Waals surface area contributed by atoms with Crippen LogP contribution in [0.15, 0.2) is 11.4 Å². The summed E-state index contributed by atoms with van der Waals surface area (Å²) >= 11 is 1.11. The molecule has 1 amide bonds. The highest BCUT2D eigenvalue weighted by atomic mass is 32.2. The maximum atomic E-state index is 11.9. The van der Waals surface area contributed by atoms with E-state index in [0.29, 0.717) is 6.61 Å². The second-order valence-corrected chi connectivity index (χ2v) is 6.51. The Morgan fingerprint density at radius 2 is 2.10 bits per heavy atom. The molecule has 0 aliphatic rings. The summed E-state index contributed by atoms with van der Waals surface area (Å²) in [5.74, 6) is -0.830. The summed E-state index contributed by atoms with van der Waals surface area (Å²) in [7, 11) is -3.44. The lowest BCUT2D eigenvalue weighted by Gasteiger charge is -2.07. The van der Waals surface area contributed by atoms with Crippen molar-refractivity contribution in [3.05, 3.63) is 16.3 Å². The molecule has 20 heavy (non-hydrogen) atoms. The highest BCUT2D eigenvalue weighted by Crippen LogP contribution is 2.22. The zero-order valence-electron chi connectivity index (χ0n) is 11.1. The number of thiophene rings is 1. The van der Waals surface area contributed by atoms with Crippen LogP contribution in [0.25, 0.3) is 0 Å². The fourth-order valence-corrected chi connectivity index (χ4v) is 2.76. The number of amides is 1. The lowest BCUT2D eigenvalue weighted by atomic mass is 10.3. The van der Waals surface area contributed by atoms with Crippen molar-refractivity contribution in [1.29, 1.82) is 0 Å². The molecule has 0 atom stereocenters. The molecule has 0 spiro atoms. The second-order valence-electron chi connectivity index (χ2n) is 3.85.